The second-order valence-corrected chi connectivity index (χ2v) is 6.87. The highest BCUT2D eigenvalue weighted by Crippen LogP contribution is 2.34. The van der Waals surface area contributed by atoms with Gasteiger partial charge in [0.05, 0.1) is 16.4 Å². The molecule has 7 heteroatoms. The van der Waals surface area contributed by atoms with Gasteiger partial charge in [-0.15, -0.1) is 0 Å². The van der Waals surface area contributed by atoms with Crippen molar-refractivity contribution in [2.75, 3.05) is 0 Å². The Bertz CT molecular complexity index is 968. The van der Waals surface area contributed by atoms with Gasteiger partial charge in [0.25, 0.3) is 0 Å². The molecule has 0 aliphatic rings. The highest BCUT2D eigenvalue weighted by molar-refractivity contribution is 7.88. The first-order valence-corrected chi connectivity index (χ1v) is 9.03. The van der Waals surface area contributed by atoms with Gasteiger partial charge in [-0.2, -0.15) is 13.2 Å². The Hall–Kier alpha value is -2.93. The first-order valence-electron chi connectivity index (χ1n) is 7.82. The third kappa shape index (κ3) is 4.43. The Labute approximate surface area is 156 Å². The number of ether oxygens (including phenoxy) is 1. The van der Waals surface area contributed by atoms with Crippen molar-refractivity contribution in [3.63, 3.8) is 0 Å². The molecule has 3 nitrogen and oxygen atoms in total. The van der Waals surface area contributed by atoms with Crippen molar-refractivity contribution in [1.82, 2.24) is 4.98 Å². The molecule has 1 heterocycles. The zero-order valence-corrected chi connectivity index (χ0v) is 14.8. The normalized spacial score (nSPS) is 12.4. The molecule has 0 saturated carbocycles. The van der Waals surface area contributed by atoms with Crippen LogP contribution in [0, 0.1) is 0 Å². The maximum Gasteiger partial charge on any atom is 0.416 e. The van der Waals surface area contributed by atoms with Gasteiger partial charge in [0.15, 0.2) is 0 Å². The predicted molar refractivity (Wildman–Crippen MR) is 97.8 cm³/mol. The average molecular weight is 389 g/mol. The van der Waals surface area contributed by atoms with E-state index in [1.165, 1.54) is 23.7 Å². The lowest BCUT2D eigenvalue weighted by atomic mass is 10.1. The summed E-state index contributed by atoms with van der Waals surface area (Å²) in [5.41, 5.74) is 0.685. The van der Waals surface area contributed by atoms with E-state index in [2.05, 4.69) is 11.6 Å². The first-order chi connectivity index (χ1) is 12.9. The van der Waals surface area contributed by atoms with Gasteiger partial charge in [-0.05, 0) is 54.1 Å². The maximum atomic E-state index is 12.7. The zero-order valence-electron chi connectivity index (χ0n) is 13.9. The smallest absolute Gasteiger partial charge is 0.416 e. The number of alkyl halides is 3. The van der Waals surface area contributed by atoms with Crippen LogP contribution in [0.1, 0.15) is 5.56 Å². The molecule has 27 heavy (non-hydrogen) atoms. The zero-order chi connectivity index (χ0) is 19.4. The maximum absolute atomic E-state index is 12.7. The van der Waals surface area contributed by atoms with Crippen molar-refractivity contribution >= 4 is 10.8 Å². The van der Waals surface area contributed by atoms with E-state index in [-0.39, 0.29) is 11.6 Å². The van der Waals surface area contributed by atoms with Crippen LogP contribution in [0.2, 0.25) is 0 Å². The van der Waals surface area contributed by atoms with Crippen molar-refractivity contribution in [2.45, 2.75) is 11.1 Å². The van der Waals surface area contributed by atoms with E-state index >= 15 is 0 Å². The first kappa shape index (κ1) is 18.8. The molecule has 3 aromatic rings. The van der Waals surface area contributed by atoms with Crippen LogP contribution in [0.5, 0.6) is 11.6 Å². The molecule has 0 aliphatic carbocycles. The van der Waals surface area contributed by atoms with Crippen LogP contribution in [-0.4, -0.2) is 9.19 Å². The van der Waals surface area contributed by atoms with Crippen molar-refractivity contribution in [3.8, 4) is 22.8 Å². The Kier molecular flexibility index (Phi) is 5.41. The number of pyridine rings is 1. The van der Waals surface area contributed by atoms with E-state index in [0.29, 0.717) is 10.5 Å². The minimum Gasteiger partial charge on any atom is -0.438 e. The third-order valence-electron chi connectivity index (χ3n) is 3.72. The predicted octanol–water partition coefficient (Wildman–Crippen LogP) is 5.81. The highest BCUT2D eigenvalue weighted by Gasteiger charge is 2.30. The van der Waals surface area contributed by atoms with Crippen molar-refractivity contribution < 1.29 is 22.1 Å². The fourth-order valence-corrected chi connectivity index (χ4v) is 2.98. The molecule has 0 N–H and O–H groups in total. The average Bonchev–Trinajstić information content (AvgIpc) is 2.68. The van der Waals surface area contributed by atoms with Gasteiger partial charge in [-0.1, -0.05) is 18.7 Å². The Morgan fingerprint density at radius 1 is 1.00 bits per heavy atom. The lowest BCUT2D eigenvalue weighted by molar-refractivity contribution is -0.137. The quantitative estimate of drug-likeness (QED) is 0.553. The SMILES string of the molecule is C=CS(=O)c1ccc(-c2cccnc2Oc2ccc(C(F)(F)F)cc2)cc1. The molecular weight excluding hydrogens is 375 g/mol. The minimum absolute atomic E-state index is 0.243. The summed E-state index contributed by atoms with van der Waals surface area (Å²) in [6.45, 7) is 3.50. The number of hydrogen-bond donors (Lipinski definition) is 0. The molecule has 0 spiro atoms. The second kappa shape index (κ2) is 7.75. The van der Waals surface area contributed by atoms with Gasteiger partial charge in [-0.25, -0.2) is 9.19 Å². The fraction of sp³-hybridized carbons (Fsp3) is 0.0500. The summed E-state index contributed by atoms with van der Waals surface area (Å²) >= 11 is 0. The number of rotatable bonds is 5. The summed E-state index contributed by atoms with van der Waals surface area (Å²) in [6, 6.07) is 14.9. The van der Waals surface area contributed by atoms with E-state index in [1.54, 1.807) is 36.4 Å². The molecule has 0 bridgehead atoms. The standard InChI is InChI=1S/C20H14F3NO2S/c1-2-27(25)17-11-5-14(6-12-17)18-4-3-13-24-19(18)26-16-9-7-15(8-10-16)20(21,22)23/h2-13H,1H2. The van der Waals surface area contributed by atoms with Gasteiger partial charge in [-0.3, -0.25) is 0 Å². The van der Waals surface area contributed by atoms with Crippen LogP contribution in [0.25, 0.3) is 11.1 Å². The molecule has 0 radical (unpaired) electrons. The second-order valence-electron chi connectivity index (χ2n) is 5.47. The molecule has 138 valence electrons. The summed E-state index contributed by atoms with van der Waals surface area (Å²) in [5.74, 6) is 0.502. The van der Waals surface area contributed by atoms with E-state index in [9.17, 15) is 17.4 Å². The van der Waals surface area contributed by atoms with E-state index in [1.807, 2.05) is 0 Å². The summed E-state index contributed by atoms with van der Waals surface area (Å²) < 4.78 is 55.4. The topological polar surface area (TPSA) is 39.2 Å². The van der Waals surface area contributed by atoms with E-state index in [4.69, 9.17) is 4.74 Å². The van der Waals surface area contributed by atoms with Crippen LogP contribution < -0.4 is 4.74 Å². The van der Waals surface area contributed by atoms with E-state index in [0.717, 1.165) is 17.7 Å². The largest absolute Gasteiger partial charge is 0.438 e. The summed E-state index contributed by atoms with van der Waals surface area (Å²) in [7, 11) is -1.28. The van der Waals surface area contributed by atoms with Crippen molar-refractivity contribution in [2.24, 2.45) is 0 Å². The lowest BCUT2D eigenvalue weighted by Gasteiger charge is -2.11. The van der Waals surface area contributed by atoms with E-state index < -0.39 is 22.5 Å². The monoisotopic (exact) mass is 389 g/mol. The van der Waals surface area contributed by atoms with Crippen LogP contribution in [0.4, 0.5) is 13.2 Å². The molecule has 1 unspecified atom stereocenters. The molecule has 3 rings (SSSR count). The Morgan fingerprint density at radius 2 is 1.67 bits per heavy atom. The number of benzene rings is 2. The van der Waals surface area contributed by atoms with Gasteiger partial charge in [0.2, 0.25) is 5.88 Å². The van der Waals surface area contributed by atoms with Crippen LogP contribution in [0.15, 0.2) is 83.7 Å². The summed E-state index contributed by atoms with van der Waals surface area (Å²) in [5, 5.41) is 1.35. The van der Waals surface area contributed by atoms with Gasteiger partial charge < -0.3 is 4.74 Å². The summed E-state index contributed by atoms with van der Waals surface area (Å²) in [4.78, 5) is 4.79. The molecule has 0 saturated heterocycles. The summed E-state index contributed by atoms with van der Waals surface area (Å²) in [6.07, 6.45) is -2.87. The molecule has 1 atom stereocenters. The molecular formula is C20H14F3NO2S. The number of nitrogens with zero attached hydrogens (tertiary/aromatic N) is 1. The van der Waals surface area contributed by atoms with Crippen LogP contribution in [-0.2, 0) is 17.0 Å². The minimum atomic E-state index is -4.40. The number of hydrogen-bond acceptors (Lipinski definition) is 3. The van der Waals surface area contributed by atoms with Crippen LogP contribution >= 0.6 is 0 Å². The molecule has 0 amide bonds. The van der Waals surface area contributed by atoms with Crippen molar-refractivity contribution in [3.05, 3.63) is 84.4 Å². The van der Waals surface area contributed by atoms with Gasteiger partial charge in [0, 0.05) is 22.1 Å². The molecule has 2 aromatic carbocycles. The third-order valence-corrected chi connectivity index (χ3v) is 4.76. The number of aromatic nitrogens is 1. The fourth-order valence-electron chi connectivity index (χ4n) is 2.38. The van der Waals surface area contributed by atoms with Crippen LogP contribution in [0.3, 0.4) is 0 Å². The molecule has 0 fully saturated rings. The Morgan fingerprint density at radius 3 is 2.26 bits per heavy atom. The Balaban J connectivity index is 1.88. The van der Waals surface area contributed by atoms with Gasteiger partial charge in [0.1, 0.15) is 5.75 Å². The number of halogens is 3. The van der Waals surface area contributed by atoms with Gasteiger partial charge >= 0.3 is 6.18 Å². The highest BCUT2D eigenvalue weighted by atomic mass is 32.2. The molecule has 1 aromatic heterocycles. The van der Waals surface area contributed by atoms with Crippen molar-refractivity contribution in [1.29, 1.82) is 0 Å². The lowest BCUT2D eigenvalue weighted by Crippen LogP contribution is -2.04. The molecule has 0 aliphatic heterocycles.